The van der Waals surface area contributed by atoms with Crippen molar-refractivity contribution in [3.63, 3.8) is 0 Å². The lowest BCUT2D eigenvalue weighted by atomic mass is 10.0. The third-order valence-corrected chi connectivity index (χ3v) is 3.32. The Hall–Kier alpha value is -2.74. The maximum Gasteiger partial charge on any atom is 0.140 e. The Morgan fingerprint density at radius 2 is 2.21 bits per heavy atom. The lowest BCUT2D eigenvalue weighted by molar-refractivity contribution is 0.370. The van der Waals surface area contributed by atoms with Gasteiger partial charge in [-0.3, -0.25) is 4.99 Å². The summed E-state index contributed by atoms with van der Waals surface area (Å²) in [5.41, 5.74) is 7.78. The molecule has 0 radical (unpaired) electrons. The molecule has 0 unspecified atom stereocenters. The number of fused-ring (bicyclic) bond motifs is 1. The van der Waals surface area contributed by atoms with Gasteiger partial charge in [-0.2, -0.15) is 5.26 Å². The van der Waals surface area contributed by atoms with Gasteiger partial charge in [-0.1, -0.05) is 18.2 Å². The number of aromatic nitrogens is 1. The molecule has 0 saturated heterocycles. The summed E-state index contributed by atoms with van der Waals surface area (Å²) in [5, 5.41) is 19.9. The van der Waals surface area contributed by atoms with Gasteiger partial charge in [0.15, 0.2) is 0 Å². The second-order valence-corrected chi connectivity index (χ2v) is 4.47. The minimum absolute atomic E-state index is 0.0368. The number of para-hydroxylation sites is 1. The van der Waals surface area contributed by atoms with Gasteiger partial charge in [-0.15, -0.1) is 0 Å². The highest BCUT2D eigenvalue weighted by molar-refractivity contribution is 6.03. The first-order chi connectivity index (χ1) is 9.20. The van der Waals surface area contributed by atoms with E-state index in [4.69, 9.17) is 11.0 Å². The number of benzene rings is 1. The topological polar surface area (TPSA) is 98.2 Å². The second-order valence-electron chi connectivity index (χ2n) is 4.47. The van der Waals surface area contributed by atoms with Crippen molar-refractivity contribution in [2.24, 2.45) is 10.7 Å². The van der Waals surface area contributed by atoms with Crippen molar-refractivity contribution >= 4 is 16.7 Å². The SMILES string of the molecule is N#CC1=C(O)[C@H](Cc2c[nH]c3ccccc23)N=C1N. The number of amidine groups is 1. The molecular weight excluding hydrogens is 240 g/mol. The van der Waals surface area contributed by atoms with Crippen LogP contribution in [0.25, 0.3) is 10.9 Å². The van der Waals surface area contributed by atoms with Crippen LogP contribution in [0.4, 0.5) is 0 Å². The highest BCUT2D eigenvalue weighted by Gasteiger charge is 2.27. The molecule has 1 aliphatic heterocycles. The van der Waals surface area contributed by atoms with Crippen molar-refractivity contribution in [1.29, 1.82) is 5.26 Å². The summed E-state index contributed by atoms with van der Waals surface area (Å²) in [7, 11) is 0. The minimum Gasteiger partial charge on any atom is -0.508 e. The molecule has 1 atom stereocenters. The van der Waals surface area contributed by atoms with E-state index in [1.165, 1.54) is 0 Å². The molecule has 4 N–H and O–H groups in total. The van der Waals surface area contributed by atoms with E-state index in [9.17, 15) is 5.11 Å². The monoisotopic (exact) mass is 252 g/mol. The molecule has 94 valence electrons. The lowest BCUT2D eigenvalue weighted by Gasteiger charge is -2.06. The second kappa shape index (κ2) is 4.18. The third kappa shape index (κ3) is 1.74. The number of aliphatic imine (C=N–C) groups is 1. The van der Waals surface area contributed by atoms with E-state index in [1.54, 1.807) is 0 Å². The first-order valence-corrected chi connectivity index (χ1v) is 5.92. The number of hydrogen-bond acceptors (Lipinski definition) is 4. The van der Waals surface area contributed by atoms with Crippen LogP contribution in [-0.4, -0.2) is 22.0 Å². The number of nitriles is 1. The van der Waals surface area contributed by atoms with Crippen LogP contribution in [0.2, 0.25) is 0 Å². The van der Waals surface area contributed by atoms with Crippen molar-refractivity contribution < 1.29 is 5.11 Å². The molecule has 0 saturated carbocycles. The molecule has 1 aromatic carbocycles. The number of aromatic amines is 1. The van der Waals surface area contributed by atoms with Gasteiger partial charge in [0.2, 0.25) is 0 Å². The average molecular weight is 252 g/mol. The summed E-state index contributed by atoms with van der Waals surface area (Å²) < 4.78 is 0. The predicted octanol–water partition coefficient (Wildman–Crippen LogP) is 1.79. The Morgan fingerprint density at radius 3 is 2.95 bits per heavy atom. The van der Waals surface area contributed by atoms with Gasteiger partial charge in [0.05, 0.1) is 0 Å². The average Bonchev–Trinajstić information content (AvgIpc) is 2.93. The number of aliphatic hydroxyl groups excluding tert-OH is 1. The zero-order valence-corrected chi connectivity index (χ0v) is 10.1. The van der Waals surface area contributed by atoms with Crippen LogP contribution in [0.1, 0.15) is 5.56 Å². The van der Waals surface area contributed by atoms with Gasteiger partial charge in [-0.05, 0) is 11.6 Å². The molecule has 1 aliphatic rings. The number of nitrogens with one attached hydrogen (secondary N) is 1. The number of hydrogen-bond donors (Lipinski definition) is 3. The summed E-state index contributed by atoms with van der Waals surface area (Å²) in [6, 6.07) is 9.33. The summed E-state index contributed by atoms with van der Waals surface area (Å²) >= 11 is 0. The molecule has 3 rings (SSSR count). The molecule has 0 aliphatic carbocycles. The summed E-state index contributed by atoms with van der Waals surface area (Å²) in [6.45, 7) is 0. The van der Waals surface area contributed by atoms with Crippen molar-refractivity contribution in [1.82, 2.24) is 4.98 Å². The predicted molar refractivity (Wildman–Crippen MR) is 72.7 cm³/mol. The molecule has 1 aromatic heterocycles. The molecule has 2 aromatic rings. The van der Waals surface area contributed by atoms with Crippen molar-refractivity contribution in [2.75, 3.05) is 0 Å². The van der Waals surface area contributed by atoms with Gasteiger partial charge in [0.25, 0.3) is 0 Å². The lowest BCUT2D eigenvalue weighted by Crippen LogP contribution is -2.11. The quantitative estimate of drug-likeness (QED) is 0.759. The maximum atomic E-state index is 9.94. The Kier molecular flexibility index (Phi) is 2.50. The Labute approximate surface area is 109 Å². The number of nitrogens with zero attached hydrogens (tertiary/aromatic N) is 2. The van der Waals surface area contributed by atoms with Crippen LogP contribution in [0.15, 0.2) is 46.8 Å². The van der Waals surface area contributed by atoms with E-state index < -0.39 is 6.04 Å². The van der Waals surface area contributed by atoms with Crippen LogP contribution in [-0.2, 0) is 6.42 Å². The van der Waals surface area contributed by atoms with Crippen molar-refractivity contribution in [3.8, 4) is 6.07 Å². The number of nitrogens with two attached hydrogens (primary N) is 1. The molecule has 0 amide bonds. The van der Waals surface area contributed by atoms with Crippen LogP contribution < -0.4 is 5.73 Å². The molecule has 0 bridgehead atoms. The first kappa shape index (κ1) is 11.4. The zero-order chi connectivity index (χ0) is 13.4. The molecule has 0 spiro atoms. The van der Waals surface area contributed by atoms with Gasteiger partial charge in [-0.25, -0.2) is 0 Å². The number of H-pyrrole nitrogens is 1. The standard InChI is InChI=1S/C14H12N4O/c15-6-10-13(19)12(18-14(10)16)5-8-7-17-11-4-2-1-3-9(8)11/h1-4,7,12,17,19H,5H2,(H2,16,18)/t12-/m0/s1. The Bertz CT molecular complexity index is 748. The molecule has 2 heterocycles. The Balaban J connectivity index is 1.96. The summed E-state index contributed by atoms with van der Waals surface area (Å²) in [4.78, 5) is 7.31. The van der Waals surface area contributed by atoms with E-state index in [2.05, 4.69) is 9.98 Å². The van der Waals surface area contributed by atoms with Crippen LogP contribution >= 0.6 is 0 Å². The van der Waals surface area contributed by atoms with E-state index in [-0.39, 0.29) is 17.2 Å². The van der Waals surface area contributed by atoms with Crippen LogP contribution in [0.5, 0.6) is 0 Å². The van der Waals surface area contributed by atoms with Gasteiger partial charge in [0, 0.05) is 23.5 Å². The van der Waals surface area contributed by atoms with E-state index in [0.717, 1.165) is 16.5 Å². The van der Waals surface area contributed by atoms with E-state index >= 15 is 0 Å². The van der Waals surface area contributed by atoms with Crippen molar-refractivity contribution in [2.45, 2.75) is 12.5 Å². The zero-order valence-electron chi connectivity index (χ0n) is 10.1. The molecule has 5 nitrogen and oxygen atoms in total. The summed E-state index contributed by atoms with van der Waals surface area (Å²) in [6.07, 6.45) is 2.41. The fourth-order valence-electron chi connectivity index (χ4n) is 2.36. The highest BCUT2D eigenvalue weighted by atomic mass is 16.3. The first-order valence-electron chi connectivity index (χ1n) is 5.92. The molecule has 19 heavy (non-hydrogen) atoms. The highest BCUT2D eigenvalue weighted by Crippen LogP contribution is 2.25. The largest absolute Gasteiger partial charge is 0.508 e. The fraction of sp³-hybridized carbons (Fsp3) is 0.143. The molecular formula is C14H12N4O. The Morgan fingerprint density at radius 1 is 1.42 bits per heavy atom. The molecule has 0 fully saturated rings. The van der Waals surface area contributed by atoms with E-state index in [1.807, 2.05) is 36.5 Å². The summed E-state index contributed by atoms with van der Waals surface area (Å²) in [5.74, 6) is 0.0788. The van der Waals surface area contributed by atoms with Gasteiger partial charge >= 0.3 is 0 Å². The third-order valence-electron chi connectivity index (χ3n) is 3.32. The van der Waals surface area contributed by atoms with Crippen LogP contribution in [0.3, 0.4) is 0 Å². The molecule has 5 heteroatoms. The van der Waals surface area contributed by atoms with Gasteiger partial charge < -0.3 is 15.8 Å². The maximum absolute atomic E-state index is 9.94. The van der Waals surface area contributed by atoms with Crippen molar-refractivity contribution in [3.05, 3.63) is 47.4 Å². The van der Waals surface area contributed by atoms with Gasteiger partial charge in [0.1, 0.15) is 29.3 Å². The van der Waals surface area contributed by atoms with Crippen LogP contribution in [0, 0.1) is 11.3 Å². The normalized spacial score (nSPS) is 18.7. The number of rotatable bonds is 2. The smallest absolute Gasteiger partial charge is 0.140 e. The van der Waals surface area contributed by atoms with E-state index in [0.29, 0.717) is 6.42 Å². The number of aliphatic hydroxyl groups is 1. The minimum atomic E-state index is -0.464. The fourth-order valence-corrected chi connectivity index (χ4v) is 2.36.